The van der Waals surface area contributed by atoms with Crippen molar-refractivity contribution in [3.8, 4) is 39.4 Å². The van der Waals surface area contributed by atoms with E-state index in [9.17, 15) is 0 Å². The van der Waals surface area contributed by atoms with Crippen LogP contribution >= 0.6 is 0 Å². The number of rotatable bonds is 2. The first kappa shape index (κ1) is 19.5. The minimum Gasteiger partial charge on any atom is -0.456 e. The first-order valence-electron chi connectivity index (χ1n) is 12.3. The van der Waals surface area contributed by atoms with Gasteiger partial charge in [0.25, 0.3) is 0 Å². The van der Waals surface area contributed by atoms with Crippen LogP contribution in [0.2, 0.25) is 0 Å². The molecule has 0 bridgehead atoms. The van der Waals surface area contributed by atoms with Crippen LogP contribution in [0.4, 0.5) is 0 Å². The van der Waals surface area contributed by atoms with Crippen LogP contribution in [-0.2, 0) is 0 Å². The van der Waals surface area contributed by atoms with Crippen molar-refractivity contribution in [2.75, 3.05) is 0 Å². The molecule has 1 aliphatic rings. The molecule has 2 nitrogen and oxygen atoms in total. The Bertz CT molecular complexity index is 1960. The fourth-order valence-electron chi connectivity index (χ4n) is 5.75. The Labute approximate surface area is 208 Å². The molecule has 0 atom stereocenters. The Morgan fingerprint density at radius 3 is 2.14 bits per heavy atom. The summed E-state index contributed by atoms with van der Waals surface area (Å²) < 4.78 is 8.67. The van der Waals surface area contributed by atoms with E-state index >= 15 is 0 Å². The molecule has 0 saturated heterocycles. The molecule has 0 saturated carbocycles. The average molecular weight is 460 g/mol. The molecule has 2 heteroatoms. The Hall–Kier alpha value is -4.82. The van der Waals surface area contributed by atoms with Crippen LogP contribution in [0.25, 0.3) is 60.5 Å². The maximum absolute atomic E-state index is 6.32. The molecule has 0 aliphatic carbocycles. The Balaban J connectivity index is 1.34. The zero-order chi connectivity index (χ0) is 23.6. The van der Waals surface area contributed by atoms with Gasteiger partial charge in [-0.2, -0.15) is 0 Å². The van der Waals surface area contributed by atoms with Gasteiger partial charge in [-0.3, -0.25) is 0 Å². The van der Waals surface area contributed by atoms with Crippen LogP contribution in [0.15, 0.2) is 127 Å². The summed E-state index contributed by atoms with van der Waals surface area (Å²) in [5.41, 5.74) is 8.37. The number of hydrogen-bond acceptors (Lipinski definition) is 1. The van der Waals surface area contributed by atoms with Crippen LogP contribution in [-0.4, -0.2) is 4.57 Å². The van der Waals surface area contributed by atoms with Crippen molar-refractivity contribution in [1.82, 2.24) is 4.57 Å². The van der Waals surface area contributed by atoms with E-state index in [0.29, 0.717) is 0 Å². The van der Waals surface area contributed by atoms with Crippen molar-refractivity contribution in [3.05, 3.63) is 127 Å². The smallest absolute Gasteiger partial charge is 0.135 e. The summed E-state index contributed by atoms with van der Waals surface area (Å²) in [6.07, 6.45) is 0. The van der Waals surface area contributed by atoms with Gasteiger partial charge in [0.2, 0.25) is 0 Å². The van der Waals surface area contributed by atoms with Crippen molar-refractivity contribution in [2.45, 2.75) is 0 Å². The van der Waals surface area contributed by atoms with Gasteiger partial charge in [0.1, 0.15) is 11.5 Å². The molecule has 1 aromatic heterocycles. The molecule has 6 aromatic carbocycles. The van der Waals surface area contributed by atoms with E-state index < -0.39 is 0 Å². The molecule has 7 aromatic rings. The van der Waals surface area contributed by atoms with Gasteiger partial charge in [0, 0.05) is 27.4 Å². The molecule has 8 rings (SSSR count). The zero-order valence-corrected chi connectivity index (χ0v) is 19.5. The molecule has 2 heterocycles. The Kier molecular flexibility index (Phi) is 3.97. The highest BCUT2D eigenvalue weighted by Crippen LogP contribution is 2.47. The summed E-state index contributed by atoms with van der Waals surface area (Å²) >= 11 is 0. The molecular formula is C34H21NO. The summed E-state index contributed by atoms with van der Waals surface area (Å²) in [6, 6.07) is 45.4. The first-order chi connectivity index (χ1) is 17.8. The fraction of sp³-hybridized carbons (Fsp3) is 0. The predicted molar refractivity (Wildman–Crippen MR) is 149 cm³/mol. The summed E-state index contributed by atoms with van der Waals surface area (Å²) in [5, 5.41) is 4.91. The van der Waals surface area contributed by atoms with Crippen LogP contribution in [0, 0.1) is 0 Å². The van der Waals surface area contributed by atoms with Crippen molar-refractivity contribution < 1.29 is 4.74 Å². The molecule has 1 aliphatic heterocycles. The second kappa shape index (κ2) is 7.34. The van der Waals surface area contributed by atoms with Crippen molar-refractivity contribution in [2.24, 2.45) is 0 Å². The molecule has 0 amide bonds. The third-order valence-corrected chi connectivity index (χ3v) is 7.38. The van der Waals surface area contributed by atoms with E-state index in [-0.39, 0.29) is 0 Å². The number of aromatic nitrogens is 1. The molecule has 168 valence electrons. The number of nitrogens with zero attached hydrogens (tertiary/aromatic N) is 1. The topological polar surface area (TPSA) is 14.2 Å². The number of para-hydroxylation sites is 2. The highest BCUT2D eigenvalue weighted by Gasteiger charge is 2.20. The summed E-state index contributed by atoms with van der Waals surface area (Å²) in [7, 11) is 0. The van der Waals surface area contributed by atoms with Crippen LogP contribution in [0.3, 0.4) is 0 Å². The lowest BCUT2D eigenvalue weighted by Gasteiger charge is -2.22. The lowest BCUT2D eigenvalue weighted by Crippen LogP contribution is -1.97. The largest absolute Gasteiger partial charge is 0.456 e. The molecule has 0 spiro atoms. The minimum absolute atomic E-state index is 0.909. The SMILES string of the molecule is c1ccc(-n2c3ccccc3c3cc(-c4ccc5c(c4)-c4cccc6cccc(c46)O5)ccc32)cc1. The van der Waals surface area contributed by atoms with E-state index in [1.165, 1.54) is 55.0 Å². The normalized spacial score (nSPS) is 12.1. The van der Waals surface area contributed by atoms with Gasteiger partial charge in [-0.15, -0.1) is 0 Å². The summed E-state index contributed by atoms with van der Waals surface area (Å²) in [4.78, 5) is 0. The van der Waals surface area contributed by atoms with E-state index in [0.717, 1.165) is 17.1 Å². The number of hydrogen-bond donors (Lipinski definition) is 0. The van der Waals surface area contributed by atoms with Gasteiger partial charge in [0.15, 0.2) is 0 Å². The molecular weight excluding hydrogens is 438 g/mol. The second-order valence-corrected chi connectivity index (χ2v) is 9.39. The fourth-order valence-corrected chi connectivity index (χ4v) is 5.75. The number of ether oxygens (including phenoxy) is 1. The first-order valence-corrected chi connectivity index (χ1v) is 12.3. The van der Waals surface area contributed by atoms with Crippen molar-refractivity contribution >= 4 is 32.6 Å². The van der Waals surface area contributed by atoms with Gasteiger partial charge in [-0.25, -0.2) is 0 Å². The predicted octanol–water partition coefficient (Wildman–Crippen LogP) is 9.38. The Morgan fingerprint density at radius 1 is 0.472 bits per heavy atom. The van der Waals surface area contributed by atoms with Gasteiger partial charge in [0.05, 0.1) is 11.0 Å². The highest BCUT2D eigenvalue weighted by atomic mass is 16.5. The van der Waals surface area contributed by atoms with Crippen LogP contribution in [0.5, 0.6) is 11.5 Å². The highest BCUT2D eigenvalue weighted by molar-refractivity contribution is 6.11. The van der Waals surface area contributed by atoms with Gasteiger partial charge < -0.3 is 9.30 Å². The standard InChI is InChI=1S/C34H21NO/c1-2-10-25(11-3-1)35-30-14-5-4-12-26(30)28-20-23(16-18-31(28)35)24-17-19-32-29(21-24)27-13-6-8-22-9-7-15-33(36-32)34(22)27/h1-21H. The van der Waals surface area contributed by atoms with Crippen LogP contribution < -0.4 is 4.74 Å². The quantitative estimate of drug-likeness (QED) is 0.251. The molecule has 36 heavy (non-hydrogen) atoms. The molecule has 0 N–H and O–H groups in total. The van der Waals surface area contributed by atoms with Gasteiger partial charge >= 0.3 is 0 Å². The monoisotopic (exact) mass is 459 g/mol. The summed E-state index contributed by atoms with van der Waals surface area (Å²) in [6.45, 7) is 0. The zero-order valence-electron chi connectivity index (χ0n) is 19.5. The Morgan fingerprint density at radius 2 is 1.22 bits per heavy atom. The van der Waals surface area contributed by atoms with Gasteiger partial charge in [-0.1, -0.05) is 78.9 Å². The molecule has 0 unspecified atom stereocenters. The lowest BCUT2D eigenvalue weighted by molar-refractivity contribution is 0.487. The molecule has 0 radical (unpaired) electrons. The van der Waals surface area contributed by atoms with Crippen LogP contribution in [0.1, 0.15) is 0 Å². The third-order valence-electron chi connectivity index (χ3n) is 7.38. The molecule has 0 fully saturated rings. The summed E-state index contributed by atoms with van der Waals surface area (Å²) in [5.74, 6) is 1.84. The lowest BCUT2D eigenvalue weighted by atomic mass is 9.92. The van der Waals surface area contributed by atoms with E-state index in [2.05, 4.69) is 132 Å². The average Bonchev–Trinajstić information content (AvgIpc) is 3.27. The third kappa shape index (κ3) is 2.73. The number of benzene rings is 6. The van der Waals surface area contributed by atoms with Gasteiger partial charge in [-0.05, 0) is 70.6 Å². The van der Waals surface area contributed by atoms with E-state index in [1.807, 2.05) is 0 Å². The number of fused-ring (bicyclic) bond motifs is 5. The second-order valence-electron chi connectivity index (χ2n) is 9.39. The van der Waals surface area contributed by atoms with Crippen molar-refractivity contribution in [3.63, 3.8) is 0 Å². The van der Waals surface area contributed by atoms with Crippen molar-refractivity contribution in [1.29, 1.82) is 0 Å². The maximum atomic E-state index is 6.32. The maximum Gasteiger partial charge on any atom is 0.135 e. The van der Waals surface area contributed by atoms with E-state index in [4.69, 9.17) is 4.74 Å². The van der Waals surface area contributed by atoms with E-state index in [1.54, 1.807) is 0 Å². The minimum atomic E-state index is 0.909.